The van der Waals surface area contributed by atoms with Crippen LogP contribution in [-0.2, 0) is 27.2 Å². The number of esters is 1. The molecule has 0 aliphatic carbocycles. The molecule has 0 unspecified atom stereocenters. The first-order valence-electron chi connectivity index (χ1n) is 10.9. The maximum atomic E-state index is 13.0. The second-order valence-electron chi connectivity index (χ2n) is 7.96. The van der Waals surface area contributed by atoms with Crippen molar-refractivity contribution in [2.45, 2.75) is 39.5 Å². The molecule has 0 saturated carbocycles. The number of aromatic nitrogens is 1. The highest BCUT2D eigenvalue weighted by Gasteiger charge is 2.27. The summed E-state index contributed by atoms with van der Waals surface area (Å²) in [4.78, 5) is 30.8. The first-order chi connectivity index (χ1) is 15.1. The van der Waals surface area contributed by atoms with E-state index >= 15 is 0 Å². The molecule has 31 heavy (non-hydrogen) atoms. The molecule has 4 rings (SSSR count). The molecule has 5 heteroatoms. The molecule has 0 saturated heterocycles. The van der Waals surface area contributed by atoms with E-state index in [0.717, 1.165) is 35.0 Å². The fourth-order valence-corrected chi connectivity index (χ4v) is 4.11. The van der Waals surface area contributed by atoms with Crippen LogP contribution in [-0.4, -0.2) is 34.9 Å². The molecule has 160 valence electrons. The Hall–Kier alpha value is -3.34. The van der Waals surface area contributed by atoms with E-state index in [-0.39, 0.29) is 12.5 Å². The van der Waals surface area contributed by atoms with Gasteiger partial charge in [0.25, 0.3) is 0 Å². The van der Waals surface area contributed by atoms with Gasteiger partial charge in [0.05, 0.1) is 17.9 Å². The highest BCUT2D eigenvalue weighted by molar-refractivity contribution is 6.18. The van der Waals surface area contributed by atoms with Gasteiger partial charge in [-0.1, -0.05) is 48.0 Å². The number of amides is 1. The van der Waals surface area contributed by atoms with Crippen molar-refractivity contribution in [1.82, 2.24) is 9.88 Å². The molecule has 0 fully saturated rings. The summed E-state index contributed by atoms with van der Waals surface area (Å²) in [7, 11) is 0. The highest BCUT2D eigenvalue weighted by Crippen LogP contribution is 2.31. The number of aromatic amines is 1. The average Bonchev–Trinajstić information content (AvgIpc) is 3.02. The molecule has 1 amide bonds. The number of carbonyl (C=O) groups excluding carboxylic acids is 2. The molecule has 5 nitrogen and oxygen atoms in total. The van der Waals surface area contributed by atoms with Crippen molar-refractivity contribution >= 4 is 28.4 Å². The van der Waals surface area contributed by atoms with Gasteiger partial charge >= 0.3 is 5.97 Å². The lowest BCUT2D eigenvalue weighted by Crippen LogP contribution is -2.27. The number of ether oxygens (including phenoxy) is 1. The van der Waals surface area contributed by atoms with Crippen LogP contribution in [0.2, 0.25) is 0 Å². The number of rotatable bonds is 6. The molecular weight excluding hydrogens is 388 g/mol. The second-order valence-corrected chi connectivity index (χ2v) is 7.96. The van der Waals surface area contributed by atoms with Gasteiger partial charge in [-0.15, -0.1) is 0 Å². The van der Waals surface area contributed by atoms with Crippen LogP contribution in [0, 0.1) is 6.92 Å². The fraction of sp³-hybridized carbons (Fsp3) is 0.308. The van der Waals surface area contributed by atoms with E-state index < -0.39 is 5.97 Å². The van der Waals surface area contributed by atoms with Crippen molar-refractivity contribution in [3.05, 3.63) is 77.1 Å². The zero-order chi connectivity index (χ0) is 21.8. The van der Waals surface area contributed by atoms with Crippen LogP contribution in [0.1, 0.15) is 42.1 Å². The first kappa shape index (κ1) is 20.9. The van der Waals surface area contributed by atoms with E-state index in [1.165, 1.54) is 11.1 Å². The zero-order valence-corrected chi connectivity index (χ0v) is 18.1. The van der Waals surface area contributed by atoms with Crippen LogP contribution in [0.4, 0.5) is 0 Å². The lowest BCUT2D eigenvalue weighted by molar-refractivity contribution is -0.136. The Labute approximate surface area is 182 Å². The molecular formula is C26H28N2O3. The van der Waals surface area contributed by atoms with Gasteiger partial charge in [0, 0.05) is 30.1 Å². The van der Waals surface area contributed by atoms with Crippen molar-refractivity contribution in [2.75, 3.05) is 13.2 Å². The Bertz CT molecular complexity index is 1130. The molecule has 0 atom stereocenters. The molecule has 0 spiro atoms. The summed E-state index contributed by atoms with van der Waals surface area (Å²) in [6.07, 6.45) is 4.43. The van der Waals surface area contributed by atoms with Gasteiger partial charge in [0.2, 0.25) is 5.91 Å². The smallest absolute Gasteiger partial charge is 0.341 e. The van der Waals surface area contributed by atoms with Gasteiger partial charge in [0.1, 0.15) is 0 Å². The standard InChI is InChI=1S/C26H28N2O3/c1-3-31-26(30)22-17-28(24(29)10-6-7-19-13-11-18(2)12-14-19)16-15-21-20-8-4-5-9-23(20)27-25(21)22/h4-5,8-9,11-14,17,27H,3,6-7,10,15-16H2,1-2H3. The number of aryl methyl sites for hydroxylation is 2. The number of H-pyrrole nitrogens is 1. The summed E-state index contributed by atoms with van der Waals surface area (Å²) in [6, 6.07) is 16.4. The fourth-order valence-electron chi connectivity index (χ4n) is 4.11. The van der Waals surface area contributed by atoms with Crippen LogP contribution < -0.4 is 0 Å². The normalized spacial score (nSPS) is 13.5. The minimum Gasteiger partial charge on any atom is -0.462 e. The number of carbonyl (C=O) groups is 2. The van der Waals surface area contributed by atoms with Gasteiger partial charge in [-0.25, -0.2) is 4.79 Å². The van der Waals surface area contributed by atoms with Crippen LogP contribution in [0.3, 0.4) is 0 Å². The third kappa shape index (κ3) is 4.55. The third-order valence-corrected chi connectivity index (χ3v) is 5.76. The van der Waals surface area contributed by atoms with Crippen molar-refractivity contribution in [2.24, 2.45) is 0 Å². The van der Waals surface area contributed by atoms with Crippen LogP contribution in [0.25, 0.3) is 16.5 Å². The van der Waals surface area contributed by atoms with E-state index in [4.69, 9.17) is 4.74 Å². The number of hydrogen-bond acceptors (Lipinski definition) is 3. The Morgan fingerprint density at radius 3 is 2.65 bits per heavy atom. The molecule has 3 aromatic rings. The predicted molar refractivity (Wildman–Crippen MR) is 122 cm³/mol. The SMILES string of the molecule is CCOC(=O)C1=CN(C(=O)CCCc2ccc(C)cc2)CCc2c1[nH]c1ccccc21. The molecule has 1 aromatic heterocycles. The maximum absolute atomic E-state index is 13.0. The largest absolute Gasteiger partial charge is 0.462 e. The predicted octanol–water partition coefficient (Wildman–Crippen LogP) is 4.79. The van der Waals surface area contributed by atoms with Gasteiger partial charge in [-0.05, 0) is 50.3 Å². The highest BCUT2D eigenvalue weighted by atomic mass is 16.5. The minimum atomic E-state index is -0.408. The Balaban J connectivity index is 1.54. The quantitative estimate of drug-likeness (QED) is 0.588. The van der Waals surface area contributed by atoms with Crippen molar-refractivity contribution < 1.29 is 14.3 Å². The van der Waals surface area contributed by atoms with Crippen molar-refractivity contribution in [1.29, 1.82) is 0 Å². The molecule has 1 N–H and O–H groups in total. The van der Waals surface area contributed by atoms with E-state index in [0.29, 0.717) is 25.0 Å². The van der Waals surface area contributed by atoms with E-state index in [1.54, 1.807) is 18.0 Å². The Kier molecular flexibility index (Phi) is 6.21. The lowest BCUT2D eigenvalue weighted by atomic mass is 10.0. The summed E-state index contributed by atoms with van der Waals surface area (Å²) in [5, 5.41) is 1.08. The number of nitrogens with one attached hydrogen (secondary N) is 1. The van der Waals surface area contributed by atoms with E-state index in [9.17, 15) is 9.59 Å². The van der Waals surface area contributed by atoms with Gasteiger partial charge in [-0.2, -0.15) is 0 Å². The number of nitrogens with zero attached hydrogens (tertiary/aromatic N) is 1. The molecule has 1 aliphatic rings. The molecule has 2 heterocycles. The maximum Gasteiger partial charge on any atom is 0.341 e. The van der Waals surface area contributed by atoms with Crippen molar-refractivity contribution in [3.8, 4) is 0 Å². The topological polar surface area (TPSA) is 62.4 Å². The number of hydrogen-bond donors (Lipinski definition) is 1. The van der Waals surface area contributed by atoms with Crippen LogP contribution in [0.5, 0.6) is 0 Å². The van der Waals surface area contributed by atoms with Gasteiger partial charge < -0.3 is 14.6 Å². The Morgan fingerprint density at radius 2 is 1.87 bits per heavy atom. The summed E-state index contributed by atoms with van der Waals surface area (Å²) in [6.45, 7) is 4.69. The molecule has 0 bridgehead atoms. The third-order valence-electron chi connectivity index (χ3n) is 5.76. The minimum absolute atomic E-state index is 0.0309. The van der Waals surface area contributed by atoms with Crippen molar-refractivity contribution in [3.63, 3.8) is 0 Å². The van der Waals surface area contributed by atoms with Gasteiger partial charge in [-0.3, -0.25) is 4.79 Å². The summed E-state index contributed by atoms with van der Waals surface area (Å²) >= 11 is 0. The number of benzene rings is 2. The van der Waals surface area contributed by atoms with E-state index in [1.807, 2.05) is 24.3 Å². The molecule has 1 aliphatic heterocycles. The molecule has 0 radical (unpaired) electrons. The van der Waals surface area contributed by atoms with Crippen LogP contribution in [0.15, 0.2) is 54.7 Å². The van der Waals surface area contributed by atoms with Gasteiger partial charge in [0.15, 0.2) is 0 Å². The second kappa shape index (κ2) is 9.21. The average molecular weight is 417 g/mol. The monoisotopic (exact) mass is 416 g/mol. The summed E-state index contributed by atoms with van der Waals surface area (Å²) < 4.78 is 5.30. The summed E-state index contributed by atoms with van der Waals surface area (Å²) in [5.41, 5.74) is 5.69. The number of para-hydroxylation sites is 1. The zero-order valence-electron chi connectivity index (χ0n) is 18.1. The first-order valence-corrected chi connectivity index (χ1v) is 10.9. The number of fused-ring (bicyclic) bond motifs is 3. The van der Waals surface area contributed by atoms with E-state index in [2.05, 4.69) is 36.2 Å². The molecule has 2 aromatic carbocycles. The Morgan fingerprint density at radius 1 is 1.10 bits per heavy atom. The lowest BCUT2D eigenvalue weighted by Gasteiger charge is -2.18. The summed E-state index contributed by atoms with van der Waals surface area (Å²) in [5.74, 6) is -0.377. The van der Waals surface area contributed by atoms with Crippen LogP contribution >= 0.6 is 0 Å².